The quantitative estimate of drug-likeness (QED) is 0.892. The normalized spacial score (nSPS) is 11.1. The van der Waals surface area contributed by atoms with Crippen molar-refractivity contribution in [2.45, 2.75) is 4.90 Å². The van der Waals surface area contributed by atoms with Gasteiger partial charge in [0, 0.05) is 29.7 Å². The summed E-state index contributed by atoms with van der Waals surface area (Å²) in [7, 11) is -0.681. The van der Waals surface area contributed by atoms with Gasteiger partial charge < -0.3 is 4.90 Å². The molecule has 0 aromatic heterocycles. The summed E-state index contributed by atoms with van der Waals surface area (Å²) in [4.78, 5) is 13.3. The Labute approximate surface area is 144 Å². The van der Waals surface area contributed by atoms with Crippen LogP contribution in [-0.4, -0.2) is 33.3 Å². The van der Waals surface area contributed by atoms with Crippen LogP contribution in [0.3, 0.4) is 0 Å². The van der Waals surface area contributed by atoms with Gasteiger partial charge in [0.25, 0.3) is 15.9 Å². The lowest BCUT2D eigenvalue weighted by Crippen LogP contribution is -2.22. The summed E-state index contributed by atoms with van der Waals surface area (Å²) in [5.41, 5.74) is 0.522. The molecular weight excluding hydrogens is 359 g/mol. The molecule has 5 nitrogen and oxygen atoms in total. The van der Waals surface area contributed by atoms with Crippen LogP contribution in [0.2, 0.25) is 10.0 Å². The van der Waals surface area contributed by atoms with E-state index in [0.717, 1.165) is 0 Å². The number of halogens is 2. The van der Waals surface area contributed by atoms with E-state index in [1.54, 1.807) is 20.2 Å². The topological polar surface area (TPSA) is 66.5 Å². The minimum atomic E-state index is -3.87. The second-order valence-corrected chi connectivity index (χ2v) is 7.55. The van der Waals surface area contributed by atoms with Crippen molar-refractivity contribution >= 4 is 44.8 Å². The molecule has 122 valence electrons. The van der Waals surface area contributed by atoms with Gasteiger partial charge in [-0.1, -0.05) is 29.3 Å². The minimum absolute atomic E-state index is 0.0266. The number of amides is 1. The molecule has 1 amide bonds. The van der Waals surface area contributed by atoms with E-state index >= 15 is 0 Å². The molecule has 0 saturated carbocycles. The van der Waals surface area contributed by atoms with Crippen molar-refractivity contribution in [3.63, 3.8) is 0 Å². The van der Waals surface area contributed by atoms with Gasteiger partial charge in [-0.3, -0.25) is 9.52 Å². The SMILES string of the molecule is CN(C)C(=O)c1cccc(S(=O)(=O)Nc2cc(Cl)cc(Cl)c2)c1. The number of carbonyl (C=O) groups is 1. The Kier molecular flexibility index (Phi) is 5.19. The summed E-state index contributed by atoms with van der Waals surface area (Å²) < 4.78 is 27.3. The first-order valence-electron chi connectivity index (χ1n) is 6.50. The summed E-state index contributed by atoms with van der Waals surface area (Å²) >= 11 is 11.7. The summed E-state index contributed by atoms with van der Waals surface area (Å²) in [5, 5.41) is 0.624. The summed E-state index contributed by atoms with van der Waals surface area (Å²) in [6.07, 6.45) is 0. The van der Waals surface area contributed by atoms with E-state index in [9.17, 15) is 13.2 Å². The van der Waals surface area contributed by atoms with Crippen LogP contribution in [-0.2, 0) is 10.0 Å². The fourth-order valence-corrected chi connectivity index (χ4v) is 3.49. The summed E-state index contributed by atoms with van der Waals surface area (Å²) in [5.74, 6) is -0.284. The predicted octanol–water partition coefficient (Wildman–Crippen LogP) is 3.50. The van der Waals surface area contributed by atoms with Crippen molar-refractivity contribution in [3.8, 4) is 0 Å². The highest BCUT2D eigenvalue weighted by Crippen LogP contribution is 2.25. The predicted molar refractivity (Wildman–Crippen MR) is 91.7 cm³/mol. The fraction of sp³-hybridized carbons (Fsp3) is 0.133. The highest BCUT2D eigenvalue weighted by Gasteiger charge is 2.17. The van der Waals surface area contributed by atoms with E-state index in [1.807, 2.05) is 0 Å². The molecule has 0 unspecified atom stereocenters. The van der Waals surface area contributed by atoms with E-state index in [2.05, 4.69) is 4.72 Å². The van der Waals surface area contributed by atoms with E-state index in [-0.39, 0.29) is 22.1 Å². The molecule has 0 atom stereocenters. The third-order valence-corrected chi connectivity index (χ3v) is 4.73. The van der Waals surface area contributed by atoms with Crippen molar-refractivity contribution in [2.75, 3.05) is 18.8 Å². The maximum Gasteiger partial charge on any atom is 0.261 e. The largest absolute Gasteiger partial charge is 0.345 e. The summed E-state index contributed by atoms with van der Waals surface area (Å²) in [6.45, 7) is 0. The van der Waals surface area contributed by atoms with Gasteiger partial charge in [-0.15, -0.1) is 0 Å². The number of anilines is 1. The molecule has 0 radical (unpaired) electrons. The number of nitrogens with zero attached hydrogens (tertiary/aromatic N) is 1. The molecule has 0 heterocycles. The number of carbonyl (C=O) groups excluding carboxylic acids is 1. The average Bonchev–Trinajstić information content (AvgIpc) is 2.44. The Balaban J connectivity index is 2.36. The molecule has 23 heavy (non-hydrogen) atoms. The van der Waals surface area contributed by atoms with Gasteiger partial charge in [-0.25, -0.2) is 8.42 Å². The van der Waals surface area contributed by atoms with Crippen molar-refractivity contribution in [2.24, 2.45) is 0 Å². The molecular formula is C15H14Cl2N2O3S. The lowest BCUT2D eigenvalue weighted by Gasteiger charge is -2.12. The molecule has 0 spiro atoms. The first kappa shape index (κ1) is 17.6. The second-order valence-electron chi connectivity index (χ2n) is 4.99. The van der Waals surface area contributed by atoms with Crippen LogP contribution in [0.25, 0.3) is 0 Å². The second kappa shape index (κ2) is 6.78. The zero-order chi connectivity index (χ0) is 17.2. The van der Waals surface area contributed by atoms with Crippen LogP contribution in [0.5, 0.6) is 0 Å². The van der Waals surface area contributed by atoms with Crippen molar-refractivity contribution in [1.29, 1.82) is 0 Å². The van der Waals surface area contributed by atoms with E-state index in [1.165, 1.54) is 41.3 Å². The maximum absolute atomic E-state index is 12.4. The Hall–Kier alpha value is -1.76. The van der Waals surface area contributed by atoms with Crippen molar-refractivity contribution < 1.29 is 13.2 Å². The van der Waals surface area contributed by atoms with Gasteiger partial charge in [0.2, 0.25) is 0 Å². The zero-order valence-corrected chi connectivity index (χ0v) is 14.7. The van der Waals surface area contributed by atoms with Gasteiger partial charge in [0.15, 0.2) is 0 Å². The Bertz CT molecular complexity index is 831. The molecule has 8 heteroatoms. The molecule has 2 aromatic rings. The zero-order valence-electron chi connectivity index (χ0n) is 12.4. The van der Waals surface area contributed by atoms with Gasteiger partial charge in [-0.2, -0.15) is 0 Å². The lowest BCUT2D eigenvalue weighted by atomic mass is 10.2. The Morgan fingerprint density at radius 2 is 1.65 bits per heavy atom. The molecule has 0 fully saturated rings. The number of nitrogens with one attached hydrogen (secondary N) is 1. The smallest absolute Gasteiger partial charge is 0.261 e. The standard InChI is InChI=1S/C15H14Cl2N2O3S/c1-19(2)15(20)10-4-3-5-14(6-10)23(21,22)18-13-8-11(16)7-12(17)9-13/h3-9,18H,1-2H3. The molecule has 2 aromatic carbocycles. The van der Waals surface area contributed by atoms with Gasteiger partial charge in [0.05, 0.1) is 10.6 Å². The lowest BCUT2D eigenvalue weighted by molar-refractivity contribution is 0.0827. The maximum atomic E-state index is 12.4. The number of sulfonamides is 1. The molecule has 0 aliphatic heterocycles. The molecule has 0 aliphatic carbocycles. The Morgan fingerprint density at radius 3 is 2.22 bits per heavy atom. The molecule has 1 N–H and O–H groups in total. The highest BCUT2D eigenvalue weighted by atomic mass is 35.5. The van der Waals surface area contributed by atoms with E-state index < -0.39 is 10.0 Å². The number of rotatable bonds is 4. The number of benzene rings is 2. The highest BCUT2D eigenvalue weighted by molar-refractivity contribution is 7.92. The third-order valence-electron chi connectivity index (χ3n) is 2.91. The van der Waals surface area contributed by atoms with Gasteiger partial charge in [-0.05, 0) is 36.4 Å². The van der Waals surface area contributed by atoms with Crippen LogP contribution in [0.15, 0.2) is 47.4 Å². The van der Waals surface area contributed by atoms with Crippen LogP contribution >= 0.6 is 23.2 Å². The molecule has 0 aliphatic rings. The minimum Gasteiger partial charge on any atom is -0.345 e. The van der Waals surface area contributed by atoms with Crippen molar-refractivity contribution in [1.82, 2.24) is 4.90 Å². The molecule has 0 bridgehead atoms. The van der Waals surface area contributed by atoms with Gasteiger partial charge in [0.1, 0.15) is 0 Å². The fourth-order valence-electron chi connectivity index (χ4n) is 1.88. The summed E-state index contributed by atoms with van der Waals surface area (Å²) in [6, 6.07) is 10.2. The van der Waals surface area contributed by atoms with Gasteiger partial charge >= 0.3 is 0 Å². The van der Waals surface area contributed by atoms with Crippen molar-refractivity contribution in [3.05, 3.63) is 58.1 Å². The van der Waals surface area contributed by atoms with Crippen LogP contribution in [0.1, 0.15) is 10.4 Å². The van der Waals surface area contributed by atoms with E-state index in [0.29, 0.717) is 10.0 Å². The van der Waals surface area contributed by atoms with Crippen LogP contribution in [0.4, 0.5) is 5.69 Å². The molecule has 2 rings (SSSR count). The first-order valence-corrected chi connectivity index (χ1v) is 8.73. The third kappa shape index (κ3) is 4.37. The number of hydrogen-bond donors (Lipinski definition) is 1. The first-order chi connectivity index (χ1) is 10.7. The molecule has 0 saturated heterocycles. The average molecular weight is 373 g/mol. The van der Waals surface area contributed by atoms with E-state index in [4.69, 9.17) is 23.2 Å². The Morgan fingerprint density at radius 1 is 1.04 bits per heavy atom. The van der Waals surface area contributed by atoms with Crippen LogP contribution < -0.4 is 4.72 Å². The number of hydrogen-bond acceptors (Lipinski definition) is 3. The van der Waals surface area contributed by atoms with Crippen LogP contribution in [0, 0.1) is 0 Å². The monoisotopic (exact) mass is 372 g/mol.